The molecule has 1 aliphatic heterocycles. The molecule has 1 fully saturated rings. The highest BCUT2D eigenvalue weighted by Gasteiger charge is 2.34. The summed E-state index contributed by atoms with van der Waals surface area (Å²) >= 11 is 0. The van der Waals surface area contributed by atoms with Crippen LogP contribution in [0.4, 0.5) is 14.9 Å². The Balaban J connectivity index is 1.50. The predicted molar refractivity (Wildman–Crippen MR) is 120 cm³/mol. The van der Waals surface area contributed by atoms with Crippen molar-refractivity contribution in [3.63, 3.8) is 0 Å². The molecular formula is C24H27FN4O2. The molecule has 0 radical (unpaired) electrons. The zero-order chi connectivity index (χ0) is 21.8. The number of hydrogen-bond acceptors (Lipinski definition) is 4. The number of halogens is 1. The first-order valence-electron chi connectivity index (χ1n) is 10.4. The third kappa shape index (κ3) is 4.84. The van der Waals surface area contributed by atoms with Crippen molar-refractivity contribution in [2.24, 2.45) is 0 Å². The zero-order valence-corrected chi connectivity index (χ0v) is 17.8. The summed E-state index contributed by atoms with van der Waals surface area (Å²) in [7, 11) is 1.69. The average Bonchev–Trinajstić information content (AvgIpc) is 3.16. The monoisotopic (exact) mass is 422 g/mol. The van der Waals surface area contributed by atoms with Crippen LogP contribution in [-0.2, 0) is 4.74 Å². The average molecular weight is 423 g/mol. The summed E-state index contributed by atoms with van der Waals surface area (Å²) in [6.07, 6.45) is 0. The number of ether oxygens (including phenoxy) is 1. The molecule has 2 N–H and O–H groups in total. The Labute approximate surface area is 181 Å². The van der Waals surface area contributed by atoms with Crippen LogP contribution < -0.4 is 10.6 Å². The van der Waals surface area contributed by atoms with Gasteiger partial charge in [-0.3, -0.25) is 9.88 Å². The van der Waals surface area contributed by atoms with Crippen molar-refractivity contribution in [1.82, 2.24) is 15.2 Å². The Morgan fingerprint density at radius 1 is 1.19 bits per heavy atom. The van der Waals surface area contributed by atoms with Gasteiger partial charge in [-0.15, -0.1) is 0 Å². The molecular weight excluding hydrogens is 395 g/mol. The number of likely N-dealkylation sites (tertiary alicyclic amines) is 1. The highest BCUT2D eigenvalue weighted by Crippen LogP contribution is 2.28. The van der Waals surface area contributed by atoms with Gasteiger partial charge >= 0.3 is 6.03 Å². The van der Waals surface area contributed by atoms with Gasteiger partial charge in [0.25, 0.3) is 0 Å². The van der Waals surface area contributed by atoms with E-state index in [1.807, 2.05) is 18.2 Å². The Bertz CT molecular complexity index is 1060. The van der Waals surface area contributed by atoms with Gasteiger partial charge in [-0.05, 0) is 30.7 Å². The molecule has 2 heterocycles. The van der Waals surface area contributed by atoms with Crippen LogP contribution in [0.3, 0.4) is 0 Å². The minimum Gasteiger partial charge on any atom is -0.383 e. The van der Waals surface area contributed by atoms with E-state index >= 15 is 0 Å². The maximum absolute atomic E-state index is 14.2. The van der Waals surface area contributed by atoms with Crippen LogP contribution in [0.25, 0.3) is 10.9 Å². The van der Waals surface area contributed by atoms with Crippen LogP contribution in [0.2, 0.25) is 0 Å². The van der Waals surface area contributed by atoms with Crippen molar-refractivity contribution in [1.29, 1.82) is 0 Å². The summed E-state index contributed by atoms with van der Waals surface area (Å²) in [5.74, 6) is -0.181. The number of hydrogen-bond donors (Lipinski definition) is 2. The van der Waals surface area contributed by atoms with Crippen molar-refractivity contribution in [2.75, 3.05) is 38.7 Å². The maximum atomic E-state index is 14.2. The number of pyridine rings is 1. The van der Waals surface area contributed by atoms with Crippen LogP contribution in [0.5, 0.6) is 0 Å². The quantitative estimate of drug-likeness (QED) is 0.632. The van der Waals surface area contributed by atoms with Gasteiger partial charge in [-0.1, -0.05) is 36.4 Å². The van der Waals surface area contributed by atoms with Crippen LogP contribution in [0.15, 0.2) is 54.6 Å². The molecule has 3 aromatic rings. The van der Waals surface area contributed by atoms with E-state index in [0.29, 0.717) is 28.9 Å². The maximum Gasteiger partial charge on any atom is 0.319 e. The zero-order valence-electron chi connectivity index (χ0n) is 17.8. The van der Waals surface area contributed by atoms with Crippen molar-refractivity contribution < 1.29 is 13.9 Å². The van der Waals surface area contributed by atoms with Gasteiger partial charge in [0.05, 0.1) is 29.5 Å². The minimum absolute atomic E-state index is 0.0512. The van der Waals surface area contributed by atoms with Gasteiger partial charge in [0, 0.05) is 38.0 Å². The third-order valence-electron chi connectivity index (χ3n) is 5.80. The Morgan fingerprint density at radius 3 is 2.77 bits per heavy atom. The molecule has 162 valence electrons. The smallest absolute Gasteiger partial charge is 0.319 e. The number of methoxy groups -OCH3 is 1. The van der Waals surface area contributed by atoms with Gasteiger partial charge in [-0.2, -0.15) is 0 Å². The summed E-state index contributed by atoms with van der Waals surface area (Å²) in [5.41, 5.74) is 2.90. The van der Waals surface area contributed by atoms with Gasteiger partial charge in [0.15, 0.2) is 0 Å². The fourth-order valence-corrected chi connectivity index (χ4v) is 4.18. The molecule has 0 spiro atoms. The molecule has 2 amide bonds. The van der Waals surface area contributed by atoms with E-state index in [1.165, 1.54) is 11.6 Å². The van der Waals surface area contributed by atoms with E-state index in [9.17, 15) is 9.18 Å². The van der Waals surface area contributed by atoms with Crippen LogP contribution >= 0.6 is 0 Å². The second-order valence-corrected chi connectivity index (χ2v) is 7.90. The van der Waals surface area contributed by atoms with Crippen LogP contribution in [-0.4, -0.2) is 55.3 Å². The standard InChI is InChI=1S/C24H27FN4O2/c1-16-22(13-18-20(25)9-6-10-21(18)26-16)27-24(30)28-23-15-29(11-12-31-2)14-19(23)17-7-4-3-5-8-17/h3-10,13,19,23H,11-12,14-15H2,1-2H3,(H2,27,28,30)/t19-,23+/m0/s1. The van der Waals surface area contributed by atoms with Crippen LogP contribution in [0, 0.1) is 12.7 Å². The molecule has 0 bridgehead atoms. The molecule has 4 rings (SSSR count). The van der Waals surface area contributed by atoms with Gasteiger partial charge < -0.3 is 15.4 Å². The first kappa shape index (κ1) is 21.2. The predicted octanol–water partition coefficient (Wildman–Crippen LogP) is 3.92. The van der Waals surface area contributed by atoms with Crippen molar-refractivity contribution in [3.05, 3.63) is 71.7 Å². The van der Waals surface area contributed by atoms with Crippen LogP contribution in [0.1, 0.15) is 17.2 Å². The van der Waals surface area contributed by atoms with E-state index in [0.717, 1.165) is 19.6 Å². The number of nitrogens with zero attached hydrogens (tertiary/aromatic N) is 2. The number of nitrogens with one attached hydrogen (secondary N) is 2. The highest BCUT2D eigenvalue weighted by atomic mass is 19.1. The second-order valence-electron chi connectivity index (χ2n) is 7.90. The van der Waals surface area contributed by atoms with Gasteiger partial charge in [0.2, 0.25) is 0 Å². The summed E-state index contributed by atoms with van der Waals surface area (Å²) in [6, 6.07) is 16.3. The number of rotatable bonds is 6. The largest absolute Gasteiger partial charge is 0.383 e. The molecule has 2 aromatic carbocycles. The first-order valence-corrected chi connectivity index (χ1v) is 10.4. The Morgan fingerprint density at radius 2 is 2.00 bits per heavy atom. The number of aromatic nitrogens is 1. The molecule has 1 aromatic heterocycles. The number of fused-ring (bicyclic) bond motifs is 1. The summed E-state index contributed by atoms with van der Waals surface area (Å²) < 4.78 is 19.4. The highest BCUT2D eigenvalue weighted by molar-refractivity contribution is 5.93. The topological polar surface area (TPSA) is 66.5 Å². The lowest BCUT2D eigenvalue weighted by Gasteiger charge is -2.21. The normalized spacial score (nSPS) is 18.9. The van der Waals surface area contributed by atoms with E-state index < -0.39 is 0 Å². The number of anilines is 1. The van der Waals surface area contributed by atoms with Gasteiger partial charge in [0.1, 0.15) is 5.82 Å². The molecule has 2 atom stereocenters. The lowest BCUT2D eigenvalue weighted by Crippen LogP contribution is -2.42. The molecule has 1 aliphatic rings. The number of benzene rings is 2. The molecule has 0 aliphatic carbocycles. The summed E-state index contributed by atoms with van der Waals surface area (Å²) in [6.45, 7) is 4.84. The Hall–Kier alpha value is -3.03. The van der Waals surface area contributed by atoms with Gasteiger partial charge in [-0.25, -0.2) is 9.18 Å². The number of amides is 2. The molecule has 0 saturated carbocycles. The number of carbonyl (C=O) groups is 1. The van der Waals surface area contributed by atoms with Crippen molar-refractivity contribution in [3.8, 4) is 0 Å². The number of carbonyl (C=O) groups excluding carboxylic acids is 1. The van der Waals surface area contributed by atoms with E-state index in [4.69, 9.17) is 4.74 Å². The molecule has 7 heteroatoms. The second kappa shape index (κ2) is 9.41. The fourth-order valence-electron chi connectivity index (χ4n) is 4.18. The number of aryl methyl sites for hydroxylation is 1. The molecule has 6 nitrogen and oxygen atoms in total. The number of urea groups is 1. The van der Waals surface area contributed by atoms with E-state index in [2.05, 4.69) is 32.7 Å². The lowest BCUT2D eigenvalue weighted by atomic mass is 9.94. The SMILES string of the molecule is COCCN1C[C@@H](NC(=O)Nc2cc3c(F)cccc3nc2C)[C@H](c2ccccc2)C1. The molecule has 0 unspecified atom stereocenters. The molecule has 1 saturated heterocycles. The van der Waals surface area contributed by atoms with E-state index in [1.54, 1.807) is 32.2 Å². The summed E-state index contributed by atoms with van der Waals surface area (Å²) in [4.78, 5) is 19.6. The van der Waals surface area contributed by atoms with Crippen molar-refractivity contribution >= 4 is 22.6 Å². The third-order valence-corrected chi connectivity index (χ3v) is 5.80. The van der Waals surface area contributed by atoms with Crippen molar-refractivity contribution in [2.45, 2.75) is 18.9 Å². The Kier molecular flexibility index (Phi) is 6.44. The minimum atomic E-state index is -0.359. The summed E-state index contributed by atoms with van der Waals surface area (Å²) in [5, 5.41) is 6.37. The lowest BCUT2D eigenvalue weighted by molar-refractivity contribution is 0.159. The first-order chi connectivity index (χ1) is 15.0. The molecule has 31 heavy (non-hydrogen) atoms. The fraction of sp³-hybridized carbons (Fsp3) is 0.333. The van der Waals surface area contributed by atoms with E-state index in [-0.39, 0.29) is 23.8 Å².